The van der Waals surface area contributed by atoms with Crippen molar-refractivity contribution in [2.75, 3.05) is 4.90 Å². The number of benzene rings is 7. The topological polar surface area (TPSA) is 3.24 Å². The van der Waals surface area contributed by atoms with Gasteiger partial charge in [-0.1, -0.05) is 117 Å². The molecule has 0 atom stereocenters. The Bertz CT molecular complexity index is 2410. The normalized spacial score (nSPS) is 13.3. The van der Waals surface area contributed by atoms with Gasteiger partial charge in [-0.3, -0.25) is 0 Å². The second-order valence-electron chi connectivity index (χ2n) is 12.6. The quantitative estimate of drug-likeness (QED) is 0.196. The van der Waals surface area contributed by atoms with Crippen molar-refractivity contribution in [3.63, 3.8) is 0 Å². The van der Waals surface area contributed by atoms with E-state index in [9.17, 15) is 0 Å². The van der Waals surface area contributed by atoms with Crippen molar-refractivity contribution in [3.8, 4) is 22.3 Å². The average Bonchev–Trinajstić information content (AvgIpc) is 3.57. The summed E-state index contributed by atoms with van der Waals surface area (Å²) >= 11 is 1.87. The largest absolute Gasteiger partial charge is 0.310 e. The summed E-state index contributed by atoms with van der Waals surface area (Å²) in [6.07, 6.45) is 0. The molecule has 2 heteroatoms. The lowest BCUT2D eigenvalue weighted by atomic mass is 9.81. The van der Waals surface area contributed by atoms with E-state index in [2.05, 4.69) is 170 Å². The maximum absolute atomic E-state index is 2.46. The monoisotopic (exact) mass is 593 g/mol. The Morgan fingerprint density at radius 3 is 2.07 bits per heavy atom. The molecule has 0 N–H and O–H groups in total. The summed E-state index contributed by atoms with van der Waals surface area (Å²) in [6.45, 7) is 4.74. The minimum absolute atomic E-state index is 0.129. The van der Waals surface area contributed by atoms with Gasteiger partial charge in [0.15, 0.2) is 0 Å². The van der Waals surface area contributed by atoms with Crippen molar-refractivity contribution >= 4 is 59.3 Å². The van der Waals surface area contributed by atoms with Crippen LogP contribution in [0.5, 0.6) is 0 Å². The number of hydrogen-bond donors (Lipinski definition) is 0. The molecule has 0 saturated carbocycles. The highest BCUT2D eigenvalue weighted by molar-refractivity contribution is 7.25. The van der Waals surface area contributed by atoms with Crippen molar-refractivity contribution in [2.24, 2.45) is 0 Å². The molecule has 9 rings (SSSR count). The summed E-state index contributed by atoms with van der Waals surface area (Å²) in [4.78, 5) is 2.46. The van der Waals surface area contributed by atoms with E-state index in [4.69, 9.17) is 0 Å². The fourth-order valence-corrected chi connectivity index (χ4v) is 8.54. The molecule has 45 heavy (non-hydrogen) atoms. The van der Waals surface area contributed by atoms with E-state index in [1.807, 2.05) is 11.3 Å². The molecular formula is C43H31NS. The molecule has 1 aromatic heterocycles. The maximum Gasteiger partial charge on any atom is 0.0508 e. The van der Waals surface area contributed by atoms with E-state index in [0.29, 0.717) is 0 Å². The van der Waals surface area contributed by atoms with Crippen LogP contribution in [0.2, 0.25) is 0 Å². The third-order valence-electron chi connectivity index (χ3n) is 9.63. The molecule has 0 amide bonds. The van der Waals surface area contributed by atoms with Gasteiger partial charge < -0.3 is 4.90 Å². The van der Waals surface area contributed by atoms with E-state index < -0.39 is 0 Å². The summed E-state index contributed by atoms with van der Waals surface area (Å²) in [6, 6.07) is 55.9. The SMILES string of the molecule is CC1(C)c2ccccc2-c2cccc(N(c3ccc(-c4ccc5sc6ccccc6c5c4)cc3)c3ccc4ccccc4c3)c21. The molecule has 214 valence electrons. The molecule has 0 unspecified atom stereocenters. The second-order valence-corrected chi connectivity index (χ2v) is 13.7. The summed E-state index contributed by atoms with van der Waals surface area (Å²) in [5.74, 6) is 0. The van der Waals surface area contributed by atoms with Gasteiger partial charge in [0.1, 0.15) is 0 Å². The molecule has 0 radical (unpaired) electrons. The lowest BCUT2D eigenvalue weighted by molar-refractivity contribution is 0.661. The van der Waals surface area contributed by atoms with Gasteiger partial charge in [-0.15, -0.1) is 11.3 Å². The van der Waals surface area contributed by atoms with Gasteiger partial charge in [0.2, 0.25) is 0 Å². The molecule has 7 aromatic carbocycles. The molecule has 0 fully saturated rings. The van der Waals surface area contributed by atoms with E-state index >= 15 is 0 Å². The summed E-state index contributed by atoms with van der Waals surface area (Å²) in [5, 5.41) is 5.15. The molecule has 1 aliphatic carbocycles. The van der Waals surface area contributed by atoms with Crippen LogP contribution in [0.3, 0.4) is 0 Å². The average molecular weight is 594 g/mol. The van der Waals surface area contributed by atoms with Crippen molar-refractivity contribution in [2.45, 2.75) is 19.3 Å². The molecular weight excluding hydrogens is 563 g/mol. The Morgan fingerprint density at radius 2 is 1.18 bits per heavy atom. The highest BCUT2D eigenvalue weighted by Crippen LogP contribution is 2.54. The number of hydrogen-bond acceptors (Lipinski definition) is 2. The third kappa shape index (κ3) is 4.06. The van der Waals surface area contributed by atoms with E-state index in [1.165, 1.54) is 70.0 Å². The van der Waals surface area contributed by atoms with Crippen LogP contribution in [0.25, 0.3) is 53.2 Å². The molecule has 1 heterocycles. The van der Waals surface area contributed by atoms with Crippen LogP contribution < -0.4 is 4.90 Å². The number of thiophene rings is 1. The van der Waals surface area contributed by atoms with Crippen LogP contribution in [0, 0.1) is 0 Å². The fourth-order valence-electron chi connectivity index (χ4n) is 7.46. The van der Waals surface area contributed by atoms with Gasteiger partial charge in [-0.2, -0.15) is 0 Å². The van der Waals surface area contributed by atoms with Crippen LogP contribution >= 0.6 is 11.3 Å². The Balaban J connectivity index is 1.21. The first-order chi connectivity index (χ1) is 22.1. The molecule has 1 nitrogen and oxygen atoms in total. The lowest BCUT2D eigenvalue weighted by Crippen LogP contribution is -2.20. The van der Waals surface area contributed by atoms with E-state index in [1.54, 1.807) is 0 Å². The van der Waals surface area contributed by atoms with Crippen molar-refractivity contribution in [1.29, 1.82) is 0 Å². The predicted octanol–water partition coefficient (Wildman–Crippen LogP) is 12.7. The van der Waals surface area contributed by atoms with Crippen LogP contribution in [0.4, 0.5) is 17.1 Å². The highest BCUT2D eigenvalue weighted by atomic mass is 32.1. The number of anilines is 3. The van der Waals surface area contributed by atoms with Gasteiger partial charge in [0, 0.05) is 37.0 Å². The minimum atomic E-state index is -0.129. The van der Waals surface area contributed by atoms with E-state index in [-0.39, 0.29) is 5.41 Å². The molecule has 0 bridgehead atoms. The molecule has 0 aliphatic heterocycles. The van der Waals surface area contributed by atoms with Crippen LogP contribution in [0.1, 0.15) is 25.0 Å². The number of fused-ring (bicyclic) bond motifs is 7. The van der Waals surface area contributed by atoms with Gasteiger partial charge in [-0.05, 0) is 92.7 Å². The molecule has 0 saturated heterocycles. The number of rotatable bonds is 4. The number of nitrogens with zero attached hydrogens (tertiary/aromatic N) is 1. The minimum Gasteiger partial charge on any atom is -0.310 e. The fraction of sp³-hybridized carbons (Fsp3) is 0.0698. The summed E-state index contributed by atoms with van der Waals surface area (Å²) in [5.41, 5.74) is 11.3. The van der Waals surface area contributed by atoms with Crippen molar-refractivity contribution < 1.29 is 0 Å². The van der Waals surface area contributed by atoms with Crippen LogP contribution in [-0.4, -0.2) is 0 Å². The second kappa shape index (κ2) is 9.92. The Hall–Kier alpha value is -5.18. The summed E-state index contributed by atoms with van der Waals surface area (Å²) in [7, 11) is 0. The smallest absolute Gasteiger partial charge is 0.0508 e. The van der Waals surface area contributed by atoms with Gasteiger partial charge in [0.05, 0.1) is 5.69 Å². The van der Waals surface area contributed by atoms with Crippen molar-refractivity contribution in [3.05, 3.63) is 163 Å². The zero-order valence-electron chi connectivity index (χ0n) is 25.3. The Labute approximate surface area is 267 Å². The molecule has 0 spiro atoms. The molecule has 8 aromatic rings. The third-order valence-corrected chi connectivity index (χ3v) is 10.8. The van der Waals surface area contributed by atoms with E-state index in [0.717, 1.165) is 11.4 Å². The Kier molecular flexibility index (Phi) is 5.78. The molecule has 1 aliphatic rings. The highest BCUT2D eigenvalue weighted by Gasteiger charge is 2.38. The first-order valence-corrected chi connectivity index (χ1v) is 16.4. The standard InChI is InChI=1S/C43H31NS/c1-43(2)38-15-7-5-12-34(38)36-14-9-16-39(42(36)43)44(33-24-20-28-10-3-4-11-30(28)26-33)32-22-18-29(19-23-32)31-21-25-41-37(27-31)35-13-6-8-17-40(35)45-41/h3-27H,1-2H3. The van der Waals surface area contributed by atoms with Gasteiger partial charge >= 0.3 is 0 Å². The predicted molar refractivity (Wildman–Crippen MR) is 195 cm³/mol. The Morgan fingerprint density at radius 1 is 0.489 bits per heavy atom. The van der Waals surface area contributed by atoms with Crippen molar-refractivity contribution in [1.82, 2.24) is 0 Å². The first kappa shape index (κ1) is 26.2. The van der Waals surface area contributed by atoms with Gasteiger partial charge in [-0.25, -0.2) is 0 Å². The summed E-state index contributed by atoms with van der Waals surface area (Å²) < 4.78 is 2.67. The van der Waals surface area contributed by atoms with Crippen LogP contribution in [0.15, 0.2) is 152 Å². The zero-order valence-corrected chi connectivity index (χ0v) is 26.1. The first-order valence-electron chi connectivity index (χ1n) is 15.6. The maximum atomic E-state index is 2.46. The van der Waals surface area contributed by atoms with Gasteiger partial charge in [0.25, 0.3) is 0 Å². The van der Waals surface area contributed by atoms with Crippen LogP contribution in [-0.2, 0) is 5.41 Å². The zero-order chi connectivity index (χ0) is 30.1. The lowest BCUT2D eigenvalue weighted by Gasteiger charge is -2.32.